The maximum atomic E-state index is 6.28. The number of aromatic nitrogens is 2. The van der Waals surface area contributed by atoms with Crippen LogP contribution in [0, 0.1) is 0 Å². The van der Waals surface area contributed by atoms with E-state index >= 15 is 0 Å². The molecule has 0 saturated carbocycles. The standard InChI is InChI=1S/C37H38Cl2N4O2/c1-44-26-12-16-32-30(22-26)36(28-14-10-24(38)20-34(28)42-32)40-18-8-6-4-3-5-7-9-19-41-37-29-15-11-25(39)21-35(29)43-33-17-13-27(45-2)23-31(33)37/h10-17,20-23H,3-9,18-19H2,1-2H3,(H,40,42)(H,41,43). The van der Waals surface area contributed by atoms with Crippen molar-refractivity contribution in [3.8, 4) is 11.5 Å². The number of benzene rings is 4. The number of rotatable bonds is 14. The summed E-state index contributed by atoms with van der Waals surface area (Å²) in [6, 6.07) is 23.8. The monoisotopic (exact) mass is 640 g/mol. The first kappa shape index (κ1) is 31.0. The molecular formula is C37H38Cl2N4O2. The molecule has 0 aliphatic heterocycles. The van der Waals surface area contributed by atoms with Crippen LogP contribution in [0.2, 0.25) is 10.0 Å². The Bertz CT molecular complexity index is 1820. The average Bonchev–Trinajstić information content (AvgIpc) is 3.05. The van der Waals surface area contributed by atoms with E-state index < -0.39 is 0 Å². The van der Waals surface area contributed by atoms with E-state index in [-0.39, 0.29) is 0 Å². The first-order valence-electron chi connectivity index (χ1n) is 15.7. The Morgan fingerprint density at radius 2 is 0.911 bits per heavy atom. The molecule has 0 fully saturated rings. The van der Waals surface area contributed by atoms with Gasteiger partial charge in [0.1, 0.15) is 11.5 Å². The minimum absolute atomic E-state index is 0.690. The number of nitrogens with zero attached hydrogens (tertiary/aromatic N) is 2. The minimum Gasteiger partial charge on any atom is -0.497 e. The molecule has 6 aromatic rings. The SMILES string of the molecule is COc1ccc2nc3cc(Cl)ccc3c(NCCCCCCCCCNc3c4ccc(Cl)cc4nc4ccc(OC)cc34)c2c1. The van der Waals surface area contributed by atoms with Gasteiger partial charge in [-0.25, -0.2) is 9.97 Å². The summed E-state index contributed by atoms with van der Waals surface area (Å²) in [6.07, 6.45) is 8.32. The highest BCUT2D eigenvalue weighted by Gasteiger charge is 2.12. The Labute approximate surface area is 274 Å². The van der Waals surface area contributed by atoms with Gasteiger partial charge in [0.25, 0.3) is 0 Å². The highest BCUT2D eigenvalue weighted by molar-refractivity contribution is 6.32. The molecule has 0 aliphatic carbocycles. The molecule has 0 aliphatic rings. The zero-order valence-electron chi connectivity index (χ0n) is 25.8. The van der Waals surface area contributed by atoms with Crippen molar-refractivity contribution >= 4 is 78.2 Å². The summed E-state index contributed by atoms with van der Waals surface area (Å²) >= 11 is 12.6. The fourth-order valence-corrected chi connectivity index (χ4v) is 6.32. The van der Waals surface area contributed by atoms with Gasteiger partial charge in [0, 0.05) is 44.7 Å². The number of methoxy groups -OCH3 is 2. The van der Waals surface area contributed by atoms with E-state index in [2.05, 4.69) is 22.8 Å². The van der Waals surface area contributed by atoms with Crippen LogP contribution in [-0.2, 0) is 0 Å². The van der Waals surface area contributed by atoms with Crippen LogP contribution in [0.1, 0.15) is 44.9 Å². The lowest BCUT2D eigenvalue weighted by Crippen LogP contribution is -2.04. The number of fused-ring (bicyclic) bond motifs is 4. The second kappa shape index (κ2) is 14.4. The van der Waals surface area contributed by atoms with Gasteiger partial charge < -0.3 is 20.1 Å². The predicted molar refractivity (Wildman–Crippen MR) is 191 cm³/mol. The maximum absolute atomic E-state index is 6.28. The topological polar surface area (TPSA) is 68.3 Å². The molecule has 0 spiro atoms. The number of pyridine rings is 2. The molecule has 0 saturated heterocycles. The Hall–Kier alpha value is -4.00. The highest BCUT2D eigenvalue weighted by Crippen LogP contribution is 2.35. The molecule has 6 nitrogen and oxygen atoms in total. The van der Waals surface area contributed by atoms with Crippen LogP contribution in [0.25, 0.3) is 43.6 Å². The molecule has 4 aromatic carbocycles. The summed E-state index contributed by atoms with van der Waals surface area (Å²) < 4.78 is 11.0. The van der Waals surface area contributed by atoms with Crippen molar-refractivity contribution in [2.24, 2.45) is 0 Å². The summed E-state index contributed by atoms with van der Waals surface area (Å²) in [5.74, 6) is 1.65. The van der Waals surface area contributed by atoms with E-state index in [1.165, 1.54) is 32.1 Å². The maximum Gasteiger partial charge on any atom is 0.119 e. The van der Waals surface area contributed by atoms with Crippen LogP contribution in [0.15, 0.2) is 72.8 Å². The third kappa shape index (κ3) is 7.13. The average molecular weight is 642 g/mol. The summed E-state index contributed by atoms with van der Waals surface area (Å²) in [4.78, 5) is 9.66. The third-order valence-corrected chi connectivity index (χ3v) is 8.81. The Morgan fingerprint density at radius 3 is 1.33 bits per heavy atom. The number of hydrogen-bond acceptors (Lipinski definition) is 6. The normalized spacial score (nSPS) is 11.5. The summed E-state index contributed by atoms with van der Waals surface area (Å²) in [5.41, 5.74) is 5.83. The van der Waals surface area contributed by atoms with Crippen molar-refractivity contribution in [3.05, 3.63) is 82.8 Å². The summed E-state index contributed by atoms with van der Waals surface area (Å²) in [6.45, 7) is 1.81. The van der Waals surface area contributed by atoms with Crippen molar-refractivity contribution < 1.29 is 9.47 Å². The second-order valence-electron chi connectivity index (χ2n) is 11.4. The van der Waals surface area contributed by atoms with Crippen LogP contribution in [0.4, 0.5) is 11.4 Å². The number of hydrogen-bond donors (Lipinski definition) is 2. The lowest BCUT2D eigenvalue weighted by Gasteiger charge is -2.14. The van der Waals surface area contributed by atoms with Gasteiger partial charge in [0.2, 0.25) is 0 Å². The largest absolute Gasteiger partial charge is 0.497 e. The number of nitrogens with one attached hydrogen (secondary N) is 2. The first-order chi connectivity index (χ1) is 22.0. The van der Waals surface area contributed by atoms with Crippen molar-refractivity contribution in [2.45, 2.75) is 44.9 Å². The van der Waals surface area contributed by atoms with Gasteiger partial charge in [-0.2, -0.15) is 0 Å². The van der Waals surface area contributed by atoms with Crippen molar-refractivity contribution in [3.63, 3.8) is 0 Å². The molecule has 6 rings (SSSR count). The quantitative estimate of drug-likeness (QED) is 0.0911. The van der Waals surface area contributed by atoms with Crippen LogP contribution in [0.3, 0.4) is 0 Å². The van der Waals surface area contributed by atoms with Gasteiger partial charge in [0.15, 0.2) is 0 Å². The van der Waals surface area contributed by atoms with Crippen molar-refractivity contribution in [1.29, 1.82) is 0 Å². The zero-order valence-corrected chi connectivity index (χ0v) is 27.3. The van der Waals surface area contributed by atoms with E-state index in [9.17, 15) is 0 Å². The Kier molecular flexibility index (Phi) is 9.92. The molecule has 2 aromatic heterocycles. The fraction of sp³-hybridized carbons (Fsp3) is 0.297. The molecule has 0 unspecified atom stereocenters. The smallest absolute Gasteiger partial charge is 0.119 e. The van der Waals surface area contributed by atoms with Gasteiger partial charge in [-0.3, -0.25) is 0 Å². The first-order valence-corrected chi connectivity index (χ1v) is 16.4. The van der Waals surface area contributed by atoms with Crippen LogP contribution < -0.4 is 20.1 Å². The van der Waals surface area contributed by atoms with Gasteiger partial charge >= 0.3 is 0 Å². The molecule has 0 amide bonds. The number of ether oxygens (including phenoxy) is 2. The van der Waals surface area contributed by atoms with Crippen molar-refractivity contribution in [2.75, 3.05) is 37.9 Å². The highest BCUT2D eigenvalue weighted by atomic mass is 35.5. The predicted octanol–water partition coefficient (Wildman–Crippen LogP) is 10.7. The molecule has 45 heavy (non-hydrogen) atoms. The van der Waals surface area contributed by atoms with Gasteiger partial charge in [0.05, 0.1) is 47.7 Å². The third-order valence-electron chi connectivity index (χ3n) is 8.34. The second-order valence-corrected chi connectivity index (χ2v) is 12.3. The number of unbranched alkanes of at least 4 members (excludes halogenated alkanes) is 6. The summed E-state index contributed by atoms with van der Waals surface area (Å²) in [7, 11) is 3.38. The van der Waals surface area contributed by atoms with Crippen LogP contribution >= 0.6 is 23.2 Å². The summed E-state index contributed by atoms with van der Waals surface area (Å²) in [5, 5.41) is 13.1. The van der Waals surface area contributed by atoms with E-state index in [1.54, 1.807) is 14.2 Å². The van der Waals surface area contributed by atoms with Crippen LogP contribution in [0.5, 0.6) is 11.5 Å². The van der Waals surface area contributed by atoms with E-state index in [4.69, 9.17) is 42.6 Å². The molecule has 0 radical (unpaired) electrons. The molecule has 8 heteroatoms. The molecule has 232 valence electrons. The molecule has 2 heterocycles. The lowest BCUT2D eigenvalue weighted by atomic mass is 10.1. The molecule has 0 bridgehead atoms. The number of halogens is 2. The van der Waals surface area contributed by atoms with Crippen molar-refractivity contribution in [1.82, 2.24) is 9.97 Å². The minimum atomic E-state index is 0.690. The molecule has 2 N–H and O–H groups in total. The van der Waals surface area contributed by atoms with Crippen LogP contribution in [-0.4, -0.2) is 37.3 Å². The fourth-order valence-electron chi connectivity index (χ4n) is 5.99. The Balaban J connectivity index is 0.974. The van der Waals surface area contributed by atoms with Gasteiger partial charge in [-0.1, -0.05) is 55.3 Å². The molecule has 0 atom stereocenters. The van der Waals surface area contributed by atoms with E-state index in [1.807, 2.05) is 60.7 Å². The van der Waals surface area contributed by atoms with Gasteiger partial charge in [-0.05, 0) is 85.6 Å². The van der Waals surface area contributed by atoms with E-state index in [0.717, 1.165) is 92.4 Å². The van der Waals surface area contributed by atoms with Gasteiger partial charge in [-0.15, -0.1) is 0 Å². The van der Waals surface area contributed by atoms with E-state index in [0.29, 0.717) is 10.0 Å². The Morgan fingerprint density at radius 1 is 0.489 bits per heavy atom. The zero-order chi connectivity index (χ0) is 31.2. The number of anilines is 2. The molecular weight excluding hydrogens is 603 g/mol. The lowest BCUT2D eigenvalue weighted by molar-refractivity contribution is 0.415.